The molecule has 1 aliphatic heterocycles. The van der Waals surface area contributed by atoms with Crippen LogP contribution in [0, 0.1) is 0 Å². The van der Waals surface area contributed by atoms with Gasteiger partial charge in [-0.05, 0) is 72.3 Å². The summed E-state index contributed by atoms with van der Waals surface area (Å²) in [5.74, 6) is 0. The summed E-state index contributed by atoms with van der Waals surface area (Å²) in [7, 11) is -3.29. The van der Waals surface area contributed by atoms with E-state index in [-0.39, 0.29) is 0 Å². The number of hydrogen-bond acceptors (Lipinski definition) is 5. The van der Waals surface area contributed by atoms with Crippen molar-refractivity contribution in [2.75, 3.05) is 6.26 Å². The van der Waals surface area contributed by atoms with E-state index in [2.05, 4.69) is 46.4 Å². The molecule has 214 valence electrons. The first-order chi connectivity index (χ1) is 21.6. The van der Waals surface area contributed by atoms with Gasteiger partial charge < -0.3 is 0 Å². The molecule has 5 nitrogen and oxygen atoms in total. The van der Waals surface area contributed by atoms with Crippen LogP contribution >= 0.6 is 0 Å². The quantitative estimate of drug-likeness (QED) is 0.203. The van der Waals surface area contributed by atoms with Gasteiger partial charge in [-0.15, -0.1) is 0 Å². The molecule has 0 unspecified atom stereocenters. The second-order valence-electron chi connectivity index (χ2n) is 10.7. The summed E-state index contributed by atoms with van der Waals surface area (Å²) in [4.78, 5) is 20.7. The molecule has 1 aliphatic carbocycles. The Morgan fingerprint density at radius 3 is 1.70 bits per heavy atom. The Hall–Kier alpha value is -5.33. The van der Waals surface area contributed by atoms with Crippen LogP contribution in [0.4, 0.5) is 0 Å². The Morgan fingerprint density at radius 2 is 1.11 bits per heavy atom. The van der Waals surface area contributed by atoms with Gasteiger partial charge in [-0.2, -0.15) is 0 Å². The third-order valence-corrected chi connectivity index (χ3v) is 10.4. The molecule has 0 atom stereocenters. The Kier molecular flexibility index (Phi) is 7.34. The van der Waals surface area contributed by atoms with Crippen molar-refractivity contribution in [2.45, 2.75) is 6.42 Å². The predicted molar refractivity (Wildman–Crippen MR) is 182 cm³/mol. The lowest BCUT2D eigenvalue weighted by Gasteiger charge is -2.22. The maximum atomic E-state index is 15.6. The highest BCUT2D eigenvalue weighted by atomic mass is 32.2. The number of aromatic nitrogens is 4. The van der Waals surface area contributed by atoms with E-state index in [0.717, 1.165) is 61.3 Å². The summed E-state index contributed by atoms with van der Waals surface area (Å²) in [6, 6.07) is 33.5. The number of thiol groups is 1. The van der Waals surface area contributed by atoms with E-state index >= 15 is 4.21 Å². The van der Waals surface area contributed by atoms with Crippen molar-refractivity contribution in [1.82, 2.24) is 19.9 Å². The minimum Gasteiger partial charge on any atom is -0.276 e. The van der Waals surface area contributed by atoms with Crippen molar-refractivity contribution >= 4 is 25.3 Å². The normalized spacial score (nSPS) is 16.5. The molecule has 0 N–H and O–H groups in total. The van der Waals surface area contributed by atoms with Gasteiger partial charge in [-0.1, -0.05) is 94.9 Å². The van der Waals surface area contributed by atoms with Gasteiger partial charge in [0.15, 0.2) is 0 Å². The molecule has 5 aromatic rings. The van der Waals surface area contributed by atoms with Crippen molar-refractivity contribution in [3.63, 3.8) is 0 Å². The fourth-order valence-electron chi connectivity index (χ4n) is 5.85. The third-order valence-electron chi connectivity index (χ3n) is 7.76. The van der Waals surface area contributed by atoms with Crippen LogP contribution in [0.15, 0.2) is 157 Å². The van der Waals surface area contributed by atoms with Crippen molar-refractivity contribution < 1.29 is 4.21 Å². The van der Waals surface area contributed by atoms with E-state index < -0.39 is 9.93 Å². The van der Waals surface area contributed by atoms with Crippen molar-refractivity contribution in [2.24, 2.45) is 0 Å². The molecular weight excluding hydrogens is 561 g/mol. The maximum Gasteiger partial charge on any atom is 0.0893 e. The van der Waals surface area contributed by atoms with E-state index in [0.29, 0.717) is 11.4 Å². The summed E-state index contributed by atoms with van der Waals surface area (Å²) >= 11 is 0. The SMILES string of the molecule is C[SH]1(=O)C(c2cccc(-c3ccccn3)n2)=C(C2=CCC=CC=C2)C(c2ccccc2)=C1c1cccc(-c2ccccn2)n1. The van der Waals surface area contributed by atoms with Crippen molar-refractivity contribution in [1.29, 1.82) is 0 Å². The summed E-state index contributed by atoms with van der Waals surface area (Å²) in [6.07, 6.45) is 16.7. The van der Waals surface area contributed by atoms with E-state index in [4.69, 9.17) is 9.97 Å². The smallest absolute Gasteiger partial charge is 0.0893 e. The second kappa shape index (κ2) is 11.7. The highest BCUT2D eigenvalue weighted by molar-refractivity contribution is 8.19. The number of benzene rings is 1. The van der Waals surface area contributed by atoms with Crippen LogP contribution in [-0.2, 0) is 9.93 Å². The first kappa shape index (κ1) is 27.5. The molecule has 0 fully saturated rings. The van der Waals surface area contributed by atoms with Gasteiger partial charge in [-0.25, -0.2) is 9.97 Å². The Balaban J connectivity index is 1.53. The highest BCUT2D eigenvalue weighted by Crippen LogP contribution is 2.54. The number of pyridine rings is 4. The van der Waals surface area contributed by atoms with Crippen LogP contribution in [0.2, 0.25) is 0 Å². The number of allylic oxidation sites excluding steroid dienone is 8. The number of nitrogens with zero attached hydrogens (tertiary/aromatic N) is 4. The second-order valence-corrected chi connectivity index (χ2v) is 13.4. The molecule has 4 aromatic heterocycles. The van der Waals surface area contributed by atoms with Crippen LogP contribution in [0.25, 0.3) is 38.2 Å². The molecule has 6 heteroatoms. The predicted octanol–water partition coefficient (Wildman–Crippen LogP) is 7.98. The van der Waals surface area contributed by atoms with Gasteiger partial charge in [0.1, 0.15) is 0 Å². The molecule has 44 heavy (non-hydrogen) atoms. The zero-order valence-electron chi connectivity index (χ0n) is 24.2. The number of rotatable bonds is 6. The Bertz CT molecular complexity index is 2060. The third kappa shape index (κ3) is 5.10. The zero-order valence-corrected chi connectivity index (χ0v) is 25.1. The molecule has 0 spiro atoms. The van der Waals surface area contributed by atoms with E-state index in [1.165, 1.54) is 0 Å². The van der Waals surface area contributed by atoms with Crippen LogP contribution in [0.3, 0.4) is 0 Å². The van der Waals surface area contributed by atoms with E-state index in [1.807, 2.05) is 103 Å². The topological polar surface area (TPSA) is 68.6 Å². The van der Waals surface area contributed by atoms with Crippen molar-refractivity contribution in [3.05, 3.63) is 174 Å². The van der Waals surface area contributed by atoms with E-state index in [9.17, 15) is 0 Å². The largest absolute Gasteiger partial charge is 0.276 e. The van der Waals surface area contributed by atoms with Crippen molar-refractivity contribution in [3.8, 4) is 22.8 Å². The minimum absolute atomic E-state index is 0.669. The van der Waals surface area contributed by atoms with Gasteiger partial charge in [-0.3, -0.25) is 14.2 Å². The monoisotopic (exact) mass is 590 g/mol. The van der Waals surface area contributed by atoms with Gasteiger partial charge in [0, 0.05) is 23.5 Å². The molecule has 1 aromatic carbocycles. The molecule has 0 saturated heterocycles. The molecule has 0 radical (unpaired) electrons. The van der Waals surface area contributed by atoms with Crippen LogP contribution in [0.1, 0.15) is 23.4 Å². The average Bonchev–Trinajstić information content (AvgIpc) is 3.21. The average molecular weight is 591 g/mol. The minimum atomic E-state index is -3.29. The fourth-order valence-corrected chi connectivity index (χ4v) is 8.53. The summed E-state index contributed by atoms with van der Waals surface area (Å²) in [5.41, 5.74) is 8.15. The molecule has 0 bridgehead atoms. The van der Waals surface area contributed by atoms with Gasteiger partial charge in [0.05, 0.1) is 44.0 Å². The molecule has 0 amide bonds. The lowest BCUT2D eigenvalue weighted by molar-refractivity contribution is 0.687. The summed E-state index contributed by atoms with van der Waals surface area (Å²) in [5, 5.41) is 0. The highest BCUT2D eigenvalue weighted by Gasteiger charge is 2.40. The molecule has 2 aliphatic rings. The number of hydrogen-bond donors (Lipinski definition) is 1. The fraction of sp³-hybridized carbons (Fsp3) is 0.0526. The lowest BCUT2D eigenvalue weighted by atomic mass is 9.89. The van der Waals surface area contributed by atoms with Crippen LogP contribution < -0.4 is 0 Å². The molecule has 5 heterocycles. The standard InChI is InChI=1S/C38H30N4OS/c1-44(43)37(33-23-13-21-31(41-33)29-19-9-11-25-39-29)35(27-15-5-2-3-6-16-27)36(28-17-7-4-8-18-28)38(44)34-24-14-22-32(42-34)30-20-10-12-26-40-30/h2-5,7-26,44H,6H2,1H3. The Labute approximate surface area is 258 Å². The van der Waals surface area contributed by atoms with Gasteiger partial charge >= 0.3 is 0 Å². The zero-order chi connectivity index (χ0) is 29.9. The summed E-state index contributed by atoms with van der Waals surface area (Å²) in [6.45, 7) is 0. The van der Waals surface area contributed by atoms with Crippen LogP contribution in [0.5, 0.6) is 0 Å². The molecule has 7 rings (SSSR count). The van der Waals surface area contributed by atoms with Crippen LogP contribution in [-0.4, -0.2) is 30.4 Å². The first-order valence-corrected chi connectivity index (χ1v) is 16.7. The van der Waals surface area contributed by atoms with Gasteiger partial charge in [0.25, 0.3) is 0 Å². The Morgan fingerprint density at radius 1 is 0.568 bits per heavy atom. The first-order valence-electron chi connectivity index (χ1n) is 14.6. The maximum absolute atomic E-state index is 15.6. The van der Waals surface area contributed by atoms with Gasteiger partial charge in [0.2, 0.25) is 0 Å². The van der Waals surface area contributed by atoms with E-state index in [1.54, 1.807) is 12.4 Å². The molecule has 0 saturated carbocycles. The lowest BCUT2D eigenvalue weighted by Crippen LogP contribution is -2.13. The summed E-state index contributed by atoms with van der Waals surface area (Å²) < 4.78 is 15.6. The molecular formula is C38H30N4OS.